The van der Waals surface area contributed by atoms with E-state index in [0.29, 0.717) is 20.9 Å². The highest BCUT2D eigenvalue weighted by molar-refractivity contribution is 8.01. The zero-order valence-corrected chi connectivity index (χ0v) is 16.9. The molecule has 1 atom stereocenters. The Kier molecular flexibility index (Phi) is 6.47. The Hall–Kier alpha value is -2.66. The molecular formula is C17H19N5O4S2. The van der Waals surface area contributed by atoms with Crippen molar-refractivity contribution in [1.82, 2.24) is 15.5 Å². The van der Waals surface area contributed by atoms with Crippen molar-refractivity contribution in [2.24, 2.45) is 5.92 Å². The third-order valence-electron chi connectivity index (χ3n) is 4.11. The molecule has 11 heteroatoms. The molecule has 148 valence electrons. The Morgan fingerprint density at radius 3 is 2.89 bits per heavy atom. The molecule has 0 aliphatic carbocycles. The number of hydrogen-bond donors (Lipinski definition) is 2. The first-order chi connectivity index (χ1) is 13.5. The Bertz CT molecular complexity index is 888. The van der Waals surface area contributed by atoms with Crippen LogP contribution in [0.2, 0.25) is 0 Å². The number of amides is 3. The summed E-state index contributed by atoms with van der Waals surface area (Å²) in [5, 5.41) is 13.4. The van der Waals surface area contributed by atoms with E-state index < -0.39 is 5.92 Å². The molecule has 1 aromatic carbocycles. The second kappa shape index (κ2) is 9.02. The van der Waals surface area contributed by atoms with Crippen molar-refractivity contribution in [3.05, 3.63) is 24.3 Å². The second-order valence-electron chi connectivity index (χ2n) is 5.90. The molecule has 3 rings (SSSR count). The SMILES string of the molecule is CNC(=O)CSc1nnc(NC(=O)[C@H]2CC(=O)N(c3ccccc3OC)C2)s1. The number of aromatic nitrogens is 2. The van der Waals surface area contributed by atoms with Gasteiger partial charge < -0.3 is 20.3 Å². The van der Waals surface area contributed by atoms with E-state index >= 15 is 0 Å². The van der Waals surface area contributed by atoms with Gasteiger partial charge in [-0.05, 0) is 12.1 Å². The fourth-order valence-electron chi connectivity index (χ4n) is 2.69. The lowest BCUT2D eigenvalue weighted by Crippen LogP contribution is -2.28. The van der Waals surface area contributed by atoms with E-state index in [4.69, 9.17) is 4.74 Å². The van der Waals surface area contributed by atoms with Gasteiger partial charge in [0.1, 0.15) is 5.75 Å². The molecule has 9 nitrogen and oxygen atoms in total. The summed E-state index contributed by atoms with van der Waals surface area (Å²) in [4.78, 5) is 37.8. The molecule has 1 saturated heterocycles. The number of nitrogens with one attached hydrogen (secondary N) is 2. The molecule has 2 heterocycles. The number of rotatable bonds is 7. The highest BCUT2D eigenvalue weighted by atomic mass is 32.2. The third kappa shape index (κ3) is 4.60. The maximum Gasteiger partial charge on any atom is 0.231 e. The molecule has 0 spiro atoms. The zero-order chi connectivity index (χ0) is 20.1. The van der Waals surface area contributed by atoms with Crippen molar-refractivity contribution >= 4 is 51.6 Å². The molecule has 1 aliphatic rings. The normalized spacial score (nSPS) is 16.1. The van der Waals surface area contributed by atoms with Crippen LogP contribution in [0.3, 0.4) is 0 Å². The number of methoxy groups -OCH3 is 1. The maximum atomic E-state index is 12.6. The smallest absolute Gasteiger partial charge is 0.231 e. The largest absolute Gasteiger partial charge is 0.495 e. The average molecular weight is 422 g/mol. The van der Waals surface area contributed by atoms with Crippen LogP contribution in [0.15, 0.2) is 28.6 Å². The summed E-state index contributed by atoms with van der Waals surface area (Å²) in [7, 11) is 3.10. The standard InChI is InChI=1S/C17H19N5O4S2/c1-18-13(23)9-27-17-21-20-16(28-17)19-15(25)10-7-14(24)22(8-10)11-5-3-4-6-12(11)26-2/h3-6,10H,7-9H2,1-2H3,(H,18,23)(H,19,20,25)/t10-/m0/s1. The van der Waals surface area contributed by atoms with Gasteiger partial charge in [0.15, 0.2) is 4.34 Å². The third-order valence-corrected chi connectivity index (χ3v) is 6.09. The predicted molar refractivity (Wildman–Crippen MR) is 107 cm³/mol. The van der Waals surface area contributed by atoms with Crippen LogP contribution >= 0.6 is 23.1 Å². The van der Waals surface area contributed by atoms with Crippen molar-refractivity contribution < 1.29 is 19.1 Å². The highest BCUT2D eigenvalue weighted by Crippen LogP contribution is 2.33. The molecule has 0 saturated carbocycles. The van der Waals surface area contributed by atoms with E-state index in [-0.39, 0.29) is 36.4 Å². The first-order valence-corrected chi connectivity index (χ1v) is 10.2. The van der Waals surface area contributed by atoms with Gasteiger partial charge in [-0.15, -0.1) is 10.2 Å². The number of carbonyl (C=O) groups excluding carboxylic acids is 3. The van der Waals surface area contributed by atoms with Gasteiger partial charge in [-0.25, -0.2) is 0 Å². The summed E-state index contributed by atoms with van der Waals surface area (Å²) < 4.78 is 5.89. The van der Waals surface area contributed by atoms with E-state index in [1.807, 2.05) is 12.1 Å². The Morgan fingerprint density at radius 2 is 2.14 bits per heavy atom. The summed E-state index contributed by atoms with van der Waals surface area (Å²) in [5.74, 6) is -0.230. The summed E-state index contributed by atoms with van der Waals surface area (Å²) in [6.45, 7) is 0.266. The van der Waals surface area contributed by atoms with Crippen LogP contribution in [0.25, 0.3) is 0 Å². The quantitative estimate of drug-likeness (QED) is 0.513. The van der Waals surface area contributed by atoms with Gasteiger partial charge in [-0.2, -0.15) is 0 Å². The molecule has 1 aromatic heterocycles. The van der Waals surface area contributed by atoms with Crippen LogP contribution < -0.4 is 20.3 Å². The topological polar surface area (TPSA) is 114 Å². The molecule has 1 fully saturated rings. The lowest BCUT2D eigenvalue weighted by atomic mass is 10.1. The van der Waals surface area contributed by atoms with Crippen LogP contribution in [0.4, 0.5) is 10.8 Å². The van der Waals surface area contributed by atoms with Crippen molar-refractivity contribution in [3.8, 4) is 5.75 Å². The molecule has 0 unspecified atom stereocenters. The number of carbonyl (C=O) groups is 3. The lowest BCUT2D eigenvalue weighted by molar-refractivity contribution is -0.122. The van der Waals surface area contributed by atoms with E-state index in [9.17, 15) is 14.4 Å². The van der Waals surface area contributed by atoms with Crippen LogP contribution in [-0.4, -0.2) is 54.4 Å². The number of para-hydroxylation sites is 2. The second-order valence-corrected chi connectivity index (χ2v) is 8.10. The van der Waals surface area contributed by atoms with Gasteiger partial charge in [0.2, 0.25) is 22.9 Å². The van der Waals surface area contributed by atoms with Gasteiger partial charge >= 0.3 is 0 Å². The molecule has 2 aromatic rings. The van der Waals surface area contributed by atoms with Crippen molar-refractivity contribution in [1.29, 1.82) is 0 Å². The minimum Gasteiger partial charge on any atom is -0.495 e. The molecule has 0 radical (unpaired) electrons. The number of nitrogens with zero attached hydrogens (tertiary/aromatic N) is 3. The predicted octanol–water partition coefficient (Wildman–Crippen LogP) is 1.38. The lowest BCUT2D eigenvalue weighted by Gasteiger charge is -2.19. The van der Waals surface area contributed by atoms with Crippen molar-refractivity contribution in [3.63, 3.8) is 0 Å². The van der Waals surface area contributed by atoms with Gasteiger partial charge in [-0.3, -0.25) is 14.4 Å². The first kappa shape index (κ1) is 20.1. The summed E-state index contributed by atoms with van der Waals surface area (Å²) >= 11 is 2.43. The van der Waals surface area contributed by atoms with Gasteiger partial charge in [0.05, 0.1) is 24.5 Å². The molecule has 1 aliphatic heterocycles. The van der Waals surface area contributed by atoms with Gasteiger partial charge in [-0.1, -0.05) is 35.2 Å². The summed E-state index contributed by atoms with van der Waals surface area (Å²) in [6.07, 6.45) is 0.112. The number of ether oxygens (including phenoxy) is 1. The van der Waals surface area contributed by atoms with Crippen LogP contribution in [-0.2, 0) is 14.4 Å². The molecule has 2 N–H and O–H groups in total. The van der Waals surface area contributed by atoms with Crippen LogP contribution in [0.5, 0.6) is 5.75 Å². The van der Waals surface area contributed by atoms with E-state index in [1.165, 1.54) is 23.1 Å². The molecule has 0 bridgehead atoms. The summed E-state index contributed by atoms with van der Waals surface area (Å²) in [6, 6.07) is 7.20. The van der Waals surface area contributed by atoms with Gasteiger partial charge in [0, 0.05) is 20.0 Å². The fraction of sp³-hybridized carbons (Fsp3) is 0.353. The van der Waals surface area contributed by atoms with E-state index in [0.717, 1.165) is 0 Å². The zero-order valence-electron chi connectivity index (χ0n) is 15.3. The summed E-state index contributed by atoms with van der Waals surface area (Å²) in [5.41, 5.74) is 0.647. The van der Waals surface area contributed by atoms with Crippen LogP contribution in [0.1, 0.15) is 6.42 Å². The van der Waals surface area contributed by atoms with Crippen molar-refractivity contribution in [2.75, 3.05) is 36.7 Å². The first-order valence-electron chi connectivity index (χ1n) is 8.43. The van der Waals surface area contributed by atoms with E-state index in [2.05, 4.69) is 20.8 Å². The molecule has 3 amide bonds. The van der Waals surface area contributed by atoms with Crippen molar-refractivity contribution in [2.45, 2.75) is 10.8 Å². The average Bonchev–Trinajstić information content (AvgIpc) is 3.32. The molecular weight excluding hydrogens is 402 g/mol. The number of anilines is 2. The minimum absolute atomic E-state index is 0.112. The highest BCUT2D eigenvalue weighted by Gasteiger charge is 2.36. The number of benzene rings is 1. The Morgan fingerprint density at radius 1 is 1.36 bits per heavy atom. The van der Waals surface area contributed by atoms with E-state index in [1.54, 1.807) is 31.2 Å². The number of thioether (sulfide) groups is 1. The van der Waals surface area contributed by atoms with Crippen LogP contribution in [0, 0.1) is 5.92 Å². The maximum absolute atomic E-state index is 12.6. The van der Waals surface area contributed by atoms with Gasteiger partial charge in [0.25, 0.3) is 0 Å². The monoisotopic (exact) mass is 421 g/mol. The number of hydrogen-bond acceptors (Lipinski definition) is 8. The minimum atomic E-state index is -0.497. The Labute approximate surface area is 169 Å². The fourth-order valence-corrected chi connectivity index (χ4v) is 4.32. The Balaban J connectivity index is 1.61. The molecule has 28 heavy (non-hydrogen) atoms.